The summed E-state index contributed by atoms with van der Waals surface area (Å²) in [6.07, 6.45) is 3.84. The summed E-state index contributed by atoms with van der Waals surface area (Å²) in [4.78, 5) is 16.7. The fourth-order valence-electron chi connectivity index (χ4n) is 1.97. The Morgan fingerprint density at radius 3 is 2.50 bits per heavy atom. The summed E-state index contributed by atoms with van der Waals surface area (Å²) in [7, 11) is 0. The maximum Gasteiger partial charge on any atom is 0.366 e. The Kier molecular flexibility index (Phi) is 3.94. The van der Waals surface area contributed by atoms with E-state index in [0.717, 1.165) is 19.3 Å². The predicted molar refractivity (Wildman–Crippen MR) is 66.3 cm³/mol. The van der Waals surface area contributed by atoms with Crippen molar-refractivity contribution in [3.63, 3.8) is 0 Å². The van der Waals surface area contributed by atoms with Gasteiger partial charge in [-0.25, -0.2) is 0 Å². The molecule has 1 amide bonds. The first-order valence-corrected chi connectivity index (χ1v) is 6.60. The van der Waals surface area contributed by atoms with Crippen LogP contribution in [0.4, 0.5) is 8.78 Å². The molecule has 0 aliphatic carbocycles. The molecule has 0 N–H and O–H groups in total. The number of pyridine rings is 1. The Labute approximate surface area is 112 Å². The average Bonchev–Trinajstić information content (AvgIpc) is 2.39. The number of halogens is 3. The van der Waals surface area contributed by atoms with Crippen LogP contribution in [0.1, 0.15) is 25.0 Å². The first-order valence-electron chi connectivity index (χ1n) is 5.81. The molecular formula is C12H13BrF2N2O. The fourth-order valence-corrected chi connectivity index (χ4v) is 2.20. The van der Waals surface area contributed by atoms with Crippen LogP contribution < -0.4 is 0 Å². The zero-order valence-corrected chi connectivity index (χ0v) is 11.3. The molecule has 6 heteroatoms. The molecule has 1 aromatic rings. The van der Waals surface area contributed by atoms with Gasteiger partial charge in [0.05, 0.1) is 0 Å². The van der Waals surface area contributed by atoms with Crippen molar-refractivity contribution in [2.24, 2.45) is 0 Å². The number of likely N-dealkylation sites (tertiary alicyclic amines) is 1. The summed E-state index contributed by atoms with van der Waals surface area (Å²) >= 11 is 3.12. The van der Waals surface area contributed by atoms with Gasteiger partial charge in [0.15, 0.2) is 0 Å². The smallest absolute Gasteiger partial charge is 0.337 e. The number of hydrogen-bond donors (Lipinski definition) is 0. The van der Waals surface area contributed by atoms with E-state index in [1.165, 1.54) is 23.2 Å². The highest BCUT2D eigenvalue weighted by Gasteiger charge is 2.45. The van der Waals surface area contributed by atoms with Crippen LogP contribution in [0.25, 0.3) is 0 Å². The maximum atomic E-state index is 14.0. The Morgan fingerprint density at radius 2 is 1.94 bits per heavy atom. The second kappa shape index (κ2) is 5.30. The minimum atomic E-state index is -3.54. The SMILES string of the molecule is O=C(N1CCCCC1)C(F)(F)c1ccc(Br)cn1. The number of rotatable bonds is 2. The van der Waals surface area contributed by atoms with Gasteiger partial charge in [0.2, 0.25) is 0 Å². The van der Waals surface area contributed by atoms with Gasteiger partial charge in [-0.15, -0.1) is 0 Å². The molecule has 0 radical (unpaired) electrons. The lowest BCUT2D eigenvalue weighted by Crippen LogP contribution is -2.44. The molecule has 0 aromatic carbocycles. The zero-order chi connectivity index (χ0) is 13.2. The molecule has 1 saturated heterocycles. The lowest BCUT2D eigenvalue weighted by Gasteiger charge is -2.29. The number of piperidine rings is 1. The van der Waals surface area contributed by atoms with Crippen LogP contribution in [0.5, 0.6) is 0 Å². The molecule has 18 heavy (non-hydrogen) atoms. The lowest BCUT2D eigenvalue weighted by atomic mass is 10.1. The normalized spacial score (nSPS) is 16.7. The highest BCUT2D eigenvalue weighted by atomic mass is 79.9. The standard InChI is InChI=1S/C12H13BrF2N2O/c13-9-4-5-10(16-8-9)12(14,15)11(18)17-6-2-1-3-7-17/h4-5,8H,1-3,6-7H2. The van der Waals surface area contributed by atoms with Gasteiger partial charge >= 0.3 is 5.92 Å². The first kappa shape index (κ1) is 13.4. The van der Waals surface area contributed by atoms with Crippen LogP contribution in [0.2, 0.25) is 0 Å². The van der Waals surface area contributed by atoms with Crippen LogP contribution >= 0.6 is 15.9 Å². The largest absolute Gasteiger partial charge is 0.366 e. The molecule has 0 saturated carbocycles. The maximum absolute atomic E-state index is 14.0. The van der Waals surface area contributed by atoms with E-state index in [9.17, 15) is 13.6 Å². The van der Waals surface area contributed by atoms with Crippen molar-refractivity contribution in [2.45, 2.75) is 25.2 Å². The molecule has 0 atom stereocenters. The van der Waals surface area contributed by atoms with Gasteiger partial charge in [-0.2, -0.15) is 8.78 Å². The predicted octanol–water partition coefficient (Wildman–Crippen LogP) is 2.95. The Hall–Kier alpha value is -1.04. The minimum absolute atomic E-state index is 0.408. The number of aromatic nitrogens is 1. The first-order chi connectivity index (χ1) is 8.51. The van der Waals surface area contributed by atoms with Crippen molar-refractivity contribution in [1.29, 1.82) is 0 Å². The van der Waals surface area contributed by atoms with Crippen molar-refractivity contribution in [3.8, 4) is 0 Å². The second-order valence-electron chi connectivity index (χ2n) is 4.29. The zero-order valence-electron chi connectivity index (χ0n) is 9.70. The molecule has 0 unspecified atom stereocenters. The van der Waals surface area contributed by atoms with E-state index in [0.29, 0.717) is 17.6 Å². The molecule has 1 aliphatic rings. The van der Waals surface area contributed by atoms with Gasteiger partial charge in [-0.05, 0) is 47.3 Å². The van der Waals surface area contributed by atoms with Gasteiger partial charge < -0.3 is 4.90 Å². The van der Waals surface area contributed by atoms with E-state index in [2.05, 4.69) is 20.9 Å². The third-order valence-corrected chi connectivity index (χ3v) is 3.43. The molecule has 2 heterocycles. The van der Waals surface area contributed by atoms with Crippen LogP contribution in [0.15, 0.2) is 22.8 Å². The van der Waals surface area contributed by atoms with Gasteiger partial charge in [0, 0.05) is 23.8 Å². The minimum Gasteiger partial charge on any atom is -0.337 e. The van der Waals surface area contributed by atoms with E-state index < -0.39 is 17.5 Å². The van der Waals surface area contributed by atoms with Gasteiger partial charge in [0.25, 0.3) is 5.91 Å². The third-order valence-electron chi connectivity index (χ3n) is 2.96. The highest BCUT2D eigenvalue weighted by Crippen LogP contribution is 2.30. The van der Waals surface area contributed by atoms with Gasteiger partial charge in [-0.3, -0.25) is 9.78 Å². The average molecular weight is 319 g/mol. The van der Waals surface area contributed by atoms with Crippen LogP contribution in [0.3, 0.4) is 0 Å². The van der Waals surface area contributed by atoms with Crippen LogP contribution in [0, 0.1) is 0 Å². The monoisotopic (exact) mass is 318 g/mol. The van der Waals surface area contributed by atoms with Crippen molar-refractivity contribution in [3.05, 3.63) is 28.5 Å². The molecular weight excluding hydrogens is 306 g/mol. The second-order valence-corrected chi connectivity index (χ2v) is 5.20. The number of carbonyl (C=O) groups is 1. The van der Waals surface area contributed by atoms with Crippen LogP contribution in [-0.2, 0) is 10.7 Å². The van der Waals surface area contributed by atoms with Crippen molar-refractivity contribution in [2.75, 3.05) is 13.1 Å². The third kappa shape index (κ3) is 2.68. The summed E-state index contributed by atoms with van der Waals surface area (Å²) < 4.78 is 28.6. The summed E-state index contributed by atoms with van der Waals surface area (Å²) in [6, 6.07) is 2.63. The summed E-state index contributed by atoms with van der Waals surface area (Å²) in [5.41, 5.74) is -0.499. The van der Waals surface area contributed by atoms with Gasteiger partial charge in [0.1, 0.15) is 5.69 Å². The van der Waals surface area contributed by atoms with E-state index in [1.807, 2.05) is 0 Å². The number of hydrogen-bond acceptors (Lipinski definition) is 2. The van der Waals surface area contributed by atoms with Crippen molar-refractivity contribution >= 4 is 21.8 Å². The lowest BCUT2D eigenvalue weighted by molar-refractivity contribution is -0.160. The molecule has 0 bridgehead atoms. The topological polar surface area (TPSA) is 33.2 Å². The van der Waals surface area contributed by atoms with Gasteiger partial charge in [-0.1, -0.05) is 0 Å². The summed E-state index contributed by atoms with van der Waals surface area (Å²) in [5.74, 6) is -4.69. The van der Waals surface area contributed by atoms with E-state index in [4.69, 9.17) is 0 Å². The van der Waals surface area contributed by atoms with E-state index in [-0.39, 0.29) is 0 Å². The molecule has 1 fully saturated rings. The molecule has 3 nitrogen and oxygen atoms in total. The number of nitrogens with zero attached hydrogens (tertiary/aromatic N) is 2. The fraction of sp³-hybridized carbons (Fsp3) is 0.500. The molecule has 0 spiro atoms. The van der Waals surface area contributed by atoms with Crippen molar-refractivity contribution in [1.82, 2.24) is 9.88 Å². The Balaban J connectivity index is 2.18. The summed E-state index contributed by atoms with van der Waals surface area (Å²) in [5, 5.41) is 0. The highest BCUT2D eigenvalue weighted by molar-refractivity contribution is 9.10. The van der Waals surface area contributed by atoms with Crippen LogP contribution in [-0.4, -0.2) is 28.9 Å². The number of amides is 1. The molecule has 1 aromatic heterocycles. The molecule has 98 valence electrons. The molecule has 1 aliphatic heterocycles. The quantitative estimate of drug-likeness (QED) is 0.840. The molecule has 2 rings (SSSR count). The Bertz CT molecular complexity index is 430. The number of carbonyl (C=O) groups excluding carboxylic acids is 1. The van der Waals surface area contributed by atoms with E-state index in [1.54, 1.807) is 0 Å². The number of alkyl halides is 2. The Morgan fingerprint density at radius 1 is 1.28 bits per heavy atom. The summed E-state index contributed by atoms with van der Waals surface area (Å²) in [6.45, 7) is 0.815. The van der Waals surface area contributed by atoms with Crippen molar-refractivity contribution < 1.29 is 13.6 Å². The van der Waals surface area contributed by atoms with E-state index >= 15 is 0 Å².